The topological polar surface area (TPSA) is 107 Å². The van der Waals surface area contributed by atoms with Crippen molar-refractivity contribution in [3.8, 4) is 0 Å². The van der Waals surface area contributed by atoms with Crippen molar-refractivity contribution < 1.29 is 19.9 Å². The zero-order valence-electron chi connectivity index (χ0n) is 12.3. The van der Waals surface area contributed by atoms with E-state index in [2.05, 4.69) is 0 Å². The van der Waals surface area contributed by atoms with Crippen LogP contribution in [-0.2, 0) is 6.42 Å². The van der Waals surface area contributed by atoms with Crippen molar-refractivity contribution in [1.29, 1.82) is 0 Å². The number of aliphatic hydroxyl groups is 1. The summed E-state index contributed by atoms with van der Waals surface area (Å²) in [6, 6.07) is 4.51. The molecule has 1 aromatic carbocycles. The Morgan fingerprint density at radius 1 is 1.45 bits per heavy atom. The van der Waals surface area contributed by atoms with Gasteiger partial charge in [-0.25, -0.2) is 4.79 Å². The van der Waals surface area contributed by atoms with Crippen molar-refractivity contribution in [3.05, 3.63) is 33.9 Å². The van der Waals surface area contributed by atoms with E-state index in [9.17, 15) is 20.0 Å². The molecule has 1 fully saturated rings. The van der Waals surface area contributed by atoms with E-state index in [0.29, 0.717) is 25.1 Å². The normalized spacial score (nSPS) is 18.4. The lowest BCUT2D eigenvalue weighted by Crippen LogP contribution is -2.56. The van der Waals surface area contributed by atoms with E-state index in [1.807, 2.05) is 11.8 Å². The van der Waals surface area contributed by atoms with Gasteiger partial charge in [-0.05, 0) is 18.6 Å². The number of nitro groups is 1. The zero-order valence-corrected chi connectivity index (χ0v) is 12.3. The number of benzene rings is 1. The lowest BCUT2D eigenvalue weighted by atomic mass is 10.1. The van der Waals surface area contributed by atoms with Crippen LogP contribution < -0.4 is 4.90 Å². The van der Waals surface area contributed by atoms with Crippen molar-refractivity contribution in [2.45, 2.75) is 19.4 Å². The van der Waals surface area contributed by atoms with Crippen LogP contribution in [0.2, 0.25) is 0 Å². The van der Waals surface area contributed by atoms with Gasteiger partial charge in [-0.3, -0.25) is 10.1 Å². The van der Waals surface area contributed by atoms with Gasteiger partial charge in [-0.15, -0.1) is 0 Å². The highest BCUT2D eigenvalue weighted by molar-refractivity contribution is 5.66. The van der Waals surface area contributed by atoms with Gasteiger partial charge in [0, 0.05) is 37.0 Å². The van der Waals surface area contributed by atoms with Gasteiger partial charge >= 0.3 is 6.09 Å². The number of hydrogen-bond donors (Lipinski definition) is 2. The molecule has 0 unspecified atom stereocenters. The van der Waals surface area contributed by atoms with Gasteiger partial charge in [0.15, 0.2) is 0 Å². The molecule has 2 rings (SSSR count). The van der Waals surface area contributed by atoms with Crippen molar-refractivity contribution in [3.63, 3.8) is 0 Å². The van der Waals surface area contributed by atoms with Crippen LogP contribution in [0, 0.1) is 10.1 Å². The number of amides is 1. The van der Waals surface area contributed by atoms with E-state index in [-0.39, 0.29) is 24.9 Å². The second-order valence-electron chi connectivity index (χ2n) is 5.18. The molecule has 1 aromatic rings. The highest BCUT2D eigenvalue weighted by Crippen LogP contribution is 2.28. The lowest BCUT2D eigenvalue weighted by Gasteiger charge is -2.41. The molecule has 1 aliphatic heterocycles. The Kier molecular flexibility index (Phi) is 4.81. The number of aryl methyl sites for hydroxylation is 1. The molecule has 8 heteroatoms. The summed E-state index contributed by atoms with van der Waals surface area (Å²) < 4.78 is 0. The standard InChI is InChI=1S/C14H19N3O5/c1-2-10-7-11(3-4-13(10)17(21)22)16-6-5-15(14(19)20)8-12(16)9-18/h3-4,7,12,18H,2,5-6,8-9H2,1H3,(H,19,20)/t12-/m1/s1. The number of hydrogen-bond acceptors (Lipinski definition) is 5. The minimum Gasteiger partial charge on any atom is -0.465 e. The molecule has 2 N–H and O–H groups in total. The Bertz CT molecular complexity index is 578. The minimum absolute atomic E-state index is 0.0796. The molecular weight excluding hydrogens is 290 g/mol. The van der Waals surface area contributed by atoms with Crippen molar-refractivity contribution in [2.75, 3.05) is 31.1 Å². The van der Waals surface area contributed by atoms with Crippen LogP contribution in [-0.4, -0.2) is 58.4 Å². The maximum absolute atomic E-state index is 11.0. The summed E-state index contributed by atoms with van der Waals surface area (Å²) in [7, 11) is 0. The van der Waals surface area contributed by atoms with Crippen LogP contribution in [0.4, 0.5) is 16.2 Å². The third-order valence-corrected chi connectivity index (χ3v) is 3.94. The summed E-state index contributed by atoms with van der Waals surface area (Å²) in [5.41, 5.74) is 1.47. The molecule has 0 aliphatic carbocycles. The Balaban J connectivity index is 2.27. The quantitative estimate of drug-likeness (QED) is 0.641. The maximum Gasteiger partial charge on any atom is 0.407 e. The second-order valence-corrected chi connectivity index (χ2v) is 5.18. The number of carbonyl (C=O) groups is 1. The fourth-order valence-corrected chi connectivity index (χ4v) is 2.74. The monoisotopic (exact) mass is 309 g/mol. The Morgan fingerprint density at radius 3 is 2.73 bits per heavy atom. The average Bonchev–Trinajstić information content (AvgIpc) is 2.53. The maximum atomic E-state index is 11.0. The average molecular weight is 309 g/mol. The Morgan fingerprint density at radius 2 is 2.18 bits per heavy atom. The number of anilines is 1. The first-order valence-electron chi connectivity index (χ1n) is 7.10. The van der Waals surface area contributed by atoms with E-state index in [1.165, 1.54) is 11.0 Å². The molecule has 1 saturated heterocycles. The van der Waals surface area contributed by atoms with Gasteiger partial charge < -0.3 is 20.0 Å². The van der Waals surface area contributed by atoms with E-state index in [4.69, 9.17) is 5.11 Å². The third kappa shape index (κ3) is 3.11. The first kappa shape index (κ1) is 16.0. The first-order chi connectivity index (χ1) is 10.5. The molecule has 1 aliphatic rings. The van der Waals surface area contributed by atoms with Gasteiger partial charge in [0.05, 0.1) is 17.6 Å². The lowest BCUT2D eigenvalue weighted by molar-refractivity contribution is -0.385. The fourth-order valence-electron chi connectivity index (χ4n) is 2.74. The number of nitro benzene ring substituents is 1. The van der Waals surface area contributed by atoms with Gasteiger partial charge in [-0.1, -0.05) is 6.92 Å². The largest absolute Gasteiger partial charge is 0.465 e. The van der Waals surface area contributed by atoms with E-state index in [0.717, 1.165) is 5.69 Å². The minimum atomic E-state index is -1.00. The van der Waals surface area contributed by atoms with Crippen LogP contribution in [0.15, 0.2) is 18.2 Å². The molecule has 1 heterocycles. The summed E-state index contributed by atoms with van der Waals surface area (Å²) in [5.74, 6) is 0. The van der Waals surface area contributed by atoms with Gasteiger partial charge in [-0.2, -0.15) is 0 Å². The van der Waals surface area contributed by atoms with Crippen molar-refractivity contribution in [1.82, 2.24) is 4.90 Å². The predicted octanol–water partition coefficient (Wildman–Crippen LogP) is 1.32. The molecule has 8 nitrogen and oxygen atoms in total. The predicted molar refractivity (Wildman–Crippen MR) is 80.3 cm³/mol. The van der Waals surface area contributed by atoms with E-state index >= 15 is 0 Å². The SMILES string of the molecule is CCc1cc(N2CCN(C(=O)O)C[C@@H]2CO)ccc1[N+](=O)[O-]. The molecule has 1 amide bonds. The summed E-state index contributed by atoms with van der Waals surface area (Å²) in [4.78, 5) is 24.8. The number of carboxylic acid groups (broad SMARTS) is 1. The first-order valence-corrected chi connectivity index (χ1v) is 7.10. The Labute approximate surface area is 127 Å². The van der Waals surface area contributed by atoms with Crippen LogP contribution >= 0.6 is 0 Å². The second kappa shape index (κ2) is 6.61. The van der Waals surface area contributed by atoms with Crippen LogP contribution in [0.25, 0.3) is 0 Å². The highest BCUT2D eigenvalue weighted by Gasteiger charge is 2.29. The number of nitrogens with zero attached hydrogens (tertiary/aromatic N) is 3. The van der Waals surface area contributed by atoms with Gasteiger partial charge in [0.25, 0.3) is 5.69 Å². The van der Waals surface area contributed by atoms with Crippen LogP contribution in [0.1, 0.15) is 12.5 Å². The molecule has 0 aromatic heterocycles. The summed E-state index contributed by atoms with van der Waals surface area (Å²) in [6.45, 7) is 2.66. The van der Waals surface area contributed by atoms with Gasteiger partial charge in [0.1, 0.15) is 0 Å². The number of aliphatic hydroxyl groups excluding tert-OH is 1. The Hall–Kier alpha value is -2.35. The number of piperazine rings is 1. The fraction of sp³-hybridized carbons (Fsp3) is 0.500. The molecular formula is C14H19N3O5. The van der Waals surface area contributed by atoms with Crippen molar-refractivity contribution >= 4 is 17.5 Å². The summed E-state index contributed by atoms with van der Waals surface area (Å²) >= 11 is 0. The number of rotatable bonds is 4. The molecule has 22 heavy (non-hydrogen) atoms. The van der Waals surface area contributed by atoms with Crippen LogP contribution in [0.5, 0.6) is 0 Å². The zero-order chi connectivity index (χ0) is 16.3. The highest BCUT2D eigenvalue weighted by atomic mass is 16.6. The summed E-state index contributed by atoms with van der Waals surface area (Å²) in [5, 5.41) is 29.5. The smallest absolute Gasteiger partial charge is 0.407 e. The summed E-state index contributed by atoms with van der Waals surface area (Å²) in [6.07, 6.45) is -0.473. The molecule has 120 valence electrons. The van der Waals surface area contributed by atoms with E-state index in [1.54, 1.807) is 12.1 Å². The molecule has 0 radical (unpaired) electrons. The van der Waals surface area contributed by atoms with Crippen molar-refractivity contribution in [2.24, 2.45) is 0 Å². The molecule has 1 atom stereocenters. The van der Waals surface area contributed by atoms with E-state index < -0.39 is 11.0 Å². The van der Waals surface area contributed by atoms with Crippen LogP contribution in [0.3, 0.4) is 0 Å². The third-order valence-electron chi connectivity index (χ3n) is 3.94. The molecule has 0 spiro atoms. The molecule has 0 saturated carbocycles. The molecule has 0 bridgehead atoms. The van der Waals surface area contributed by atoms with Gasteiger partial charge in [0.2, 0.25) is 0 Å².